The van der Waals surface area contributed by atoms with Crippen molar-refractivity contribution in [3.63, 3.8) is 0 Å². The molecule has 3 unspecified atom stereocenters. The zero-order chi connectivity index (χ0) is 15.6. The minimum absolute atomic E-state index is 0. The first-order chi connectivity index (χ1) is 10.6. The van der Waals surface area contributed by atoms with Crippen molar-refractivity contribution in [2.75, 3.05) is 26.7 Å². The number of halogens is 1. The van der Waals surface area contributed by atoms with Crippen molar-refractivity contribution < 1.29 is 4.74 Å². The zero-order valence-electron chi connectivity index (χ0n) is 14.8. The lowest BCUT2D eigenvalue weighted by Crippen LogP contribution is -2.56. The second-order valence-electron chi connectivity index (χ2n) is 7.65. The van der Waals surface area contributed by atoms with Gasteiger partial charge in [-0.3, -0.25) is 9.89 Å². The molecule has 0 spiro atoms. The Morgan fingerprint density at radius 1 is 1.22 bits per heavy atom. The predicted octanol–water partition coefficient (Wildman–Crippen LogP) is 2.35. The van der Waals surface area contributed by atoms with Gasteiger partial charge in [-0.1, -0.05) is 6.42 Å². The van der Waals surface area contributed by atoms with Crippen LogP contribution in [0, 0.1) is 0 Å². The third-order valence-corrected chi connectivity index (χ3v) is 5.55. The Bertz CT molecular complexity index is 409. The Morgan fingerprint density at radius 3 is 2.52 bits per heavy atom. The zero-order valence-corrected chi connectivity index (χ0v) is 17.1. The molecule has 0 aromatic rings. The van der Waals surface area contributed by atoms with E-state index in [4.69, 9.17) is 4.74 Å². The first-order valence-electron chi connectivity index (χ1n) is 8.96. The van der Waals surface area contributed by atoms with Gasteiger partial charge in [-0.25, -0.2) is 0 Å². The summed E-state index contributed by atoms with van der Waals surface area (Å²) in [4.78, 5) is 7.01. The molecule has 2 N–H and O–H groups in total. The molecule has 6 heteroatoms. The summed E-state index contributed by atoms with van der Waals surface area (Å²) in [6.45, 7) is 8.04. The fourth-order valence-corrected chi connectivity index (χ4v) is 4.07. The van der Waals surface area contributed by atoms with Gasteiger partial charge in [0.25, 0.3) is 0 Å². The Balaban J connectivity index is 0.00000192. The summed E-state index contributed by atoms with van der Waals surface area (Å²) in [6.07, 6.45) is 8.46. The fourth-order valence-electron chi connectivity index (χ4n) is 4.07. The van der Waals surface area contributed by atoms with Crippen molar-refractivity contribution in [3.8, 4) is 0 Å². The van der Waals surface area contributed by atoms with Crippen LogP contribution >= 0.6 is 24.0 Å². The lowest BCUT2D eigenvalue weighted by Gasteiger charge is -2.41. The number of hydrogen-bond donors (Lipinski definition) is 2. The molecule has 23 heavy (non-hydrogen) atoms. The summed E-state index contributed by atoms with van der Waals surface area (Å²) < 4.78 is 5.92. The number of nitrogens with one attached hydrogen (secondary N) is 2. The average molecular weight is 436 g/mol. The second-order valence-corrected chi connectivity index (χ2v) is 7.65. The SMILES string of the molecule is CN=C(NCC(C)(C)N1CCCCC1)NC1CC2CCC1O2.I. The topological polar surface area (TPSA) is 48.9 Å². The molecule has 0 aromatic heterocycles. The standard InChI is InChI=1S/C17H32N4O.HI/c1-17(2,21-9-5-4-6-10-21)12-19-16(18-3)20-14-11-13-7-8-15(14)22-13;/h13-15H,4-12H2,1-3H3,(H2,18,19,20);1H. The minimum atomic E-state index is 0. The Morgan fingerprint density at radius 2 is 1.96 bits per heavy atom. The largest absolute Gasteiger partial charge is 0.373 e. The monoisotopic (exact) mass is 436 g/mol. The third-order valence-electron chi connectivity index (χ3n) is 5.55. The van der Waals surface area contributed by atoms with Gasteiger partial charge >= 0.3 is 0 Å². The summed E-state index contributed by atoms with van der Waals surface area (Å²) in [7, 11) is 1.86. The summed E-state index contributed by atoms with van der Waals surface area (Å²) in [5.74, 6) is 0.922. The van der Waals surface area contributed by atoms with Crippen LogP contribution in [-0.2, 0) is 4.74 Å². The van der Waals surface area contributed by atoms with Crippen molar-refractivity contribution >= 4 is 29.9 Å². The smallest absolute Gasteiger partial charge is 0.191 e. The van der Waals surface area contributed by atoms with E-state index in [2.05, 4.69) is 34.4 Å². The van der Waals surface area contributed by atoms with Crippen LogP contribution in [-0.4, -0.2) is 61.3 Å². The summed E-state index contributed by atoms with van der Waals surface area (Å²) in [5.41, 5.74) is 0.170. The first-order valence-corrected chi connectivity index (χ1v) is 8.96. The van der Waals surface area contributed by atoms with E-state index in [0.29, 0.717) is 18.2 Å². The molecular weight excluding hydrogens is 403 g/mol. The molecule has 0 aromatic carbocycles. The molecule has 3 rings (SSSR count). The van der Waals surface area contributed by atoms with Crippen molar-refractivity contribution in [2.24, 2.45) is 4.99 Å². The molecule has 0 amide bonds. The van der Waals surface area contributed by atoms with E-state index in [1.165, 1.54) is 45.2 Å². The third kappa shape index (κ3) is 4.72. The van der Waals surface area contributed by atoms with Crippen molar-refractivity contribution in [1.82, 2.24) is 15.5 Å². The number of ether oxygens (including phenoxy) is 1. The number of nitrogens with zero attached hydrogens (tertiary/aromatic N) is 2. The van der Waals surface area contributed by atoms with E-state index in [0.717, 1.165) is 18.9 Å². The Labute approximate surface area is 158 Å². The number of rotatable bonds is 4. The van der Waals surface area contributed by atoms with Gasteiger partial charge in [0.05, 0.1) is 18.2 Å². The van der Waals surface area contributed by atoms with E-state index in [1.807, 2.05) is 7.05 Å². The van der Waals surface area contributed by atoms with Gasteiger partial charge in [-0.15, -0.1) is 24.0 Å². The number of piperidine rings is 1. The molecule has 0 aliphatic carbocycles. The lowest BCUT2D eigenvalue weighted by atomic mass is 9.95. The molecule has 3 aliphatic heterocycles. The van der Waals surface area contributed by atoms with Gasteiger partial charge in [-0.05, 0) is 59.0 Å². The van der Waals surface area contributed by atoms with Crippen molar-refractivity contribution in [2.45, 2.75) is 76.2 Å². The maximum atomic E-state index is 5.92. The van der Waals surface area contributed by atoms with Crippen LogP contribution in [0.2, 0.25) is 0 Å². The van der Waals surface area contributed by atoms with Crippen LogP contribution in [0.1, 0.15) is 52.4 Å². The second kappa shape index (κ2) is 8.34. The summed E-state index contributed by atoms with van der Waals surface area (Å²) >= 11 is 0. The van der Waals surface area contributed by atoms with Gasteiger partial charge in [0.2, 0.25) is 0 Å². The maximum Gasteiger partial charge on any atom is 0.191 e. The summed E-state index contributed by atoms with van der Waals surface area (Å²) in [5, 5.41) is 7.10. The van der Waals surface area contributed by atoms with Crippen LogP contribution in [0.15, 0.2) is 4.99 Å². The molecular formula is C17H33IN4O. The molecule has 3 saturated heterocycles. The van der Waals surface area contributed by atoms with Crippen LogP contribution in [0.5, 0.6) is 0 Å². The molecule has 3 aliphatic rings. The van der Waals surface area contributed by atoms with Gasteiger partial charge in [0, 0.05) is 19.1 Å². The van der Waals surface area contributed by atoms with E-state index in [-0.39, 0.29) is 29.5 Å². The van der Waals surface area contributed by atoms with Crippen LogP contribution in [0.3, 0.4) is 0 Å². The highest BCUT2D eigenvalue weighted by Gasteiger charge is 2.41. The van der Waals surface area contributed by atoms with E-state index < -0.39 is 0 Å². The first kappa shape index (κ1) is 19.2. The van der Waals surface area contributed by atoms with Crippen molar-refractivity contribution in [3.05, 3.63) is 0 Å². The van der Waals surface area contributed by atoms with Gasteiger partial charge in [0.15, 0.2) is 5.96 Å². The maximum absolute atomic E-state index is 5.92. The molecule has 134 valence electrons. The average Bonchev–Trinajstić information content (AvgIpc) is 3.15. The van der Waals surface area contributed by atoms with E-state index in [9.17, 15) is 0 Å². The van der Waals surface area contributed by atoms with E-state index in [1.54, 1.807) is 0 Å². The Kier molecular flexibility index (Phi) is 6.98. The predicted molar refractivity (Wildman–Crippen MR) is 106 cm³/mol. The molecule has 0 saturated carbocycles. The highest BCUT2D eigenvalue weighted by molar-refractivity contribution is 14.0. The number of guanidine groups is 1. The summed E-state index contributed by atoms with van der Waals surface area (Å²) in [6, 6.07) is 0.433. The number of aliphatic imine (C=N–C) groups is 1. The van der Waals surface area contributed by atoms with Crippen LogP contribution in [0.25, 0.3) is 0 Å². The molecule has 5 nitrogen and oxygen atoms in total. The molecule has 3 atom stereocenters. The van der Waals surface area contributed by atoms with Crippen LogP contribution in [0.4, 0.5) is 0 Å². The lowest BCUT2D eigenvalue weighted by molar-refractivity contribution is 0.0967. The molecule has 3 fully saturated rings. The van der Waals surface area contributed by atoms with E-state index >= 15 is 0 Å². The number of hydrogen-bond acceptors (Lipinski definition) is 3. The normalized spacial score (nSPS) is 31.8. The van der Waals surface area contributed by atoms with Crippen molar-refractivity contribution in [1.29, 1.82) is 0 Å². The molecule has 0 radical (unpaired) electrons. The van der Waals surface area contributed by atoms with Gasteiger partial charge in [0.1, 0.15) is 0 Å². The van der Waals surface area contributed by atoms with Gasteiger partial charge in [-0.2, -0.15) is 0 Å². The number of likely N-dealkylation sites (tertiary alicyclic amines) is 1. The molecule has 2 bridgehead atoms. The highest BCUT2D eigenvalue weighted by Crippen LogP contribution is 2.34. The fraction of sp³-hybridized carbons (Fsp3) is 0.941. The highest BCUT2D eigenvalue weighted by atomic mass is 127. The minimum Gasteiger partial charge on any atom is -0.373 e. The van der Waals surface area contributed by atoms with Crippen LogP contribution < -0.4 is 10.6 Å². The molecule has 3 heterocycles. The van der Waals surface area contributed by atoms with Gasteiger partial charge < -0.3 is 15.4 Å². The number of fused-ring (bicyclic) bond motifs is 2. The quantitative estimate of drug-likeness (QED) is 0.404. The Hall–Kier alpha value is -0.0800.